The van der Waals surface area contributed by atoms with Crippen molar-refractivity contribution in [2.45, 2.75) is 0 Å². The molecule has 1 amide bonds. The first-order valence-electron chi connectivity index (χ1n) is 2.35. The Labute approximate surface area is 50.8 Å². The van der Waals surface area contributed by atoms with Gasteiger partial charge in [0.1, 0.15) is 6.54 Å². The van der Waals surface area contributed by atoms with Crippen molar-refractivity contribution in [3.8, 4) is 0 Å². The highest BCUT2D eigenvalue weighted by atomic mass is 16.6. The molecule has 0 aromatic rings. The summed E-state index contributed by atoms with van der Waals surface area (Å²) in [6.45, 7) is -0.714. The van der Waals surface area contributed by atoms with Crippen LogP contribution in [0.4, 0.5) is 0 Å². The minimum absolute atomic E-state index is 0.339. The summed E-state index contributed by atoms with van der Waals surface area (Å²) in [7, 11) is 0. The molecule has 1 aliphatic rings. The third kappa shape index (κ3) is 1.17. The topological polar surface area (TPSA) is 66.8 Å². The Morgan fingerprint density at radius 1 is 1.56 bits per heavy atom. The van der Waals surface area contributed by atoms with E-state index in [9.17, 15) is 9.59 Å². The Morgan fingerprint density at radius 2 is 2.22 bits per heavy atom. The first-order chi connectivity index (χ1) is 4.20. The van der Waals surface area contributed by atoms with Gasteiger partial charge in [-0.1, -0.05) is 0 Å². The second-order valence-corrected chi connectivity index (χ2v) is 1.61. The van der Waals surface area contributed by atoms with Gasteiger partial charge in [-0.3, -0.25) is 14.8 Å². The molecule has 0 radical (unpaired) electrons. The summed E-state index contributed by atoms with van der Waals surface area (Å²) in [5.41, 5.74) is 0. The molecule has 0 bridgehead atoms. The van der Waals surface area contributed by atoms with Gasteiger partial charge in [0.25, 0.3) is 5.91 Å². The summed E-state index contributed by atoms with van der Waals surface area (Å²) < 4.78 is 4.27. The first-order valence-corrected chi connectivity index (χ1v) is 2.35. The van der Waals surface area contributed by atoms with Crippen LogP contribution >= 0.6 is 0 Å². The van der Waals surface area contributed by atoms with Crippen LogP contribution in [0, 0.1) is 0 Å². The lowest BCUT2D eigenvalue weighted by Crippen LogP contribution is -2.42. The third-order valence-corrected chi connectivity index (χ3v) is 0.923. The molecule has 1 heterocycles. The van der Waals surface area contributed by atoms with Crippen LogP contribution in [0.5, 0.6) is 0 Å². The van der Waals surface area contributed by atoms with Crippen LogP contribution in [0.1, 0.15) is 0 Å². The van der Waals surface area contributed by atoms with Crippen molar-refractivity contribution in [3.63, 3.8) is 0 Å². The Kier molecular flexibility index (Phi) is 1.35. The van der Waals surface area contributed by atoms with Crippen molar-refractivity contribution in [2.75, 3.05) is 13.2 Å². The average Bonchev–Trinajstić information content (AvgIpc) is 1.80. The molecule has 1 aliphatic heterocycles. The van der Waals surface area contributed by atoms with Gasteiger partial charge >= 0.3 is 5.97 Å². The van der Waals surface area contributed by atoms with Crippen molar-refractivity contribution in [1.82, 2.24) is 5.06 Å². The van der Waals surface area contributed by atoms with Gasteiger partial charge < -0.3 is 4.74 Å². The van der Waals surface area contributed by atoms with E-state index in [1.807, 2.05) is 0 Å². The zero-order chi connectivity index (χ0) is 6.85. The number of nitrogens with zero attached hydrogens (tertiary/aromatic N) is 1. The maximum absolute atomic E-state index is 10.3. The molecule has 1 rings (SSSR count). The van der Waals surface area contributed by atoms with Crippen molar-refractivity contribution >= 4 is 11.9 Å². The number of hydrogen-bond donors (Lipinski definition) is 1. The van der Waals surface area contributed by atoms with Crippen LogP contribution in [0.15, 0.2) is 0 Å². The summed E-state index contributed by atoms with van der Waals surface area (Å²) in [6.07, 6.45) is 0. The summed E-state index contributed by atoms with van der Waals surface area (Å²) in [5.74, 6) is -1.17. The molecular formula is C4H5NO4. The molecular weight excluding hydrogens is 126 g/mol. The van der Waals surface area contributed by atoms with Gasteiger partial charge in [-0.25, -0.2) is 5.06 Å². The van der Waals surface area contributed by atoms with Gasteiger partial charge in [0.2, 0.25) is 0 Å². The maximum Gasteiger partial charge on any atom is 0.328 e. The zero-order valence-electron chi connectivity index (χ0n) is 4.53. The number of ether oxygens (including phenoxy) is 1. The number of carbonyl (C=O) groups excluding carboxylic acids is 2. The molecule has 0 aliphatic carbocycles. The van der Waals surface area contributed by atoms with Gasteiger partial charge in [-0.05, 0) is 0 Å². The fourth-order valence-corrected chi connectivity index (χ4v) is 0.473. The van der Waals surface area contributed by atoms with Gasteiger partial charge in [-0.2, -0.15) is 0 Å². The van der Waals surface area contributed by atoms with Crippen LogP contribution in [0.2, 0.25) is 0 Å². The molecule has 9 heavy (non-hydrogen) atoms. The van der Waals surface area contributed by atoms with E-state index >= 15 is 0 Å². The molecule has 0 unspecified atom stereocenters. The van der Waals surface area contributed by atoms with Crippen LogP contribution in [0.25, 0.3) is 0 Å². The normalized spacial score (nSPS) is 19.9. The predicted molar refractivity (Wildman–Crippen MR) is 24.5 cm³/mol. The molecule has 1 fully saturated rings. The Morgan fingerprint density at radius 3 is 2.67 bits per heavy atom. The highest BCUT2D eigenvalue weighted by Gasteiger charge is 2.22. The standard InChI is InChI=1S/C4H5NO4/c6-3-2-9-4(7)1-5(3)8/h8H,1-2H2. The number of amides is 1. The van der Waals surface area contributed by atoms with Gasteiger partial charge in [-0.15, -0.1) is 0 Å². The zero-order valence-corrected chi connectivity index (χ0v) is 4.53. The van der Waals surface area contributed by atoms with Crippen molar-refractivity contribution in [1.29, 1.82) is 0 Å². The fraction of sp³-hybridized carbons (Fsp3) is 0.500. The van der Waals surface area contributed by atoms with E-state index in [0.29, 0.717) is 5.06 Å². The van der Waals surface area contributed by atoms with Crippen LogP contribution in [-0.4, -0.2) is 35.3 Å². The fourth-order valence-electron chi connectivity index (χ4n) is 0.473. The SMILES string of the molecule is O=C1CN(O)C(=O)CO1. The Bertz CT molecular complexity index is 155. The number of cyclic esters (lactones) is 1. The molecule has 1 saturated heterocycles. The van der Waals surface area contributed by atoms with Gasteiger partial charge in [0.15, 0.2) is 6.61 Å². The number of rotatable bonds is 0. The molecule has 0 spiro atoms. The lowest BCUT2D eigenvalue weighted by molar-refractivity contribution is -0.191. The van der Waals surface area contributed by atoms with E-state index < -0.39 is 11.9 Å². The minimum atomic E-state index is -0.588. The number of esters is 1. The summed E-state index contributed by atoms with van der Waals surface area (Å²) >= 11 is 0. The van der Waals surface area contributed by atoms with Gasteiger partial charge in [0.05, 0.1) is 0 Å². The molecule has 0 aromatic carbocycles. The summed E-state index contributed by atoms with van der Waals surface area (Å²) in [4.78, 5) is 20.6. The highest BCUT2D eigenvalue weighted by molar-refractivity contribution is 5.86. The maximum atomic E-state index is 10.3. The highest BCUT2D eigenvalue weighted by Crippen LogP contribution is 1.94. The molecule has 1 N–H and O–H groups in total. The molecule has 5 heteroatoms. The second-order valence-electron chi connectivity index (χ2n) is 1.61. The molecule has 0 aromatic heterocycles. The third-order valence-electron chi connectivity index (χ3n) is 0.923. The quantitative estimate of drug-likeness (QED) is 0.330. The summed E-state index contributed by atoms with van der Waals surface area (Å²) in [5, 5.41) is 8.87. The van der Waals surface area contributed by atoms with E-state index in [4.69, 9.17) is 5.21 Å². The van der Waals surface area contributed by atoms with Crippen LogP contribution in [-0.2, 0) is 14.3 Å². The number of hydroxylamine groups is 2. The first kappa shape index (κ1) is 6.03. The molecule has 0 saturated carbocycles. The lowest BCUT2D eigenvalue weighted by atomic mass is 10.5. The lowest BCUT2D eigenvalue weighted by Gasteiger charge is -2.18. The average molecular weight is 131 g/mol. The Balaban J connectivity index is 2.54. The van der Waals surface area contributed by atoms with E-state index in [-0.39, 0.29) is 13.2 Å². The molecule has 50 valence electrons. The summed E-state index contributed by atoms with van der Waals surface area (Å²) in [6, 6.07) is 0. The monoisotopic (exact) mass is 131 g/mol. The second kappa shape index (κ2) is 2.02. The van der Waals surface area contributed by atoms with E-state index in [2.05, 4.69) is 4.74 Å². The number of hydrogen-bond acceptors (Lipinski definition) is 4. The number of carbonyl (C=O) groups is 2. The van der Waals surface area contributed by atoms with Crippen molar-refractivity contribution < 1.29 is 19.5 Å². The molecule has 0 atom stereocenters. The van der Waals surface area contributed by atoms with E-state index in [1.165, 1.54) is 0 Å². The predicted octanol–water partition coefficient (Wildman–Crippen LogP) is -1.24. The minimum Gasteiger partial charge on any atom is -0.454 e. The van der Waals surface area contributed by atoms with Crippen molar-refractivity contribution in [3.05, 3.63) is 0 Å². The Hall–Kier alpha value is -1.10. The van der Waals surface area contributed by atoms with E-state index in [1.54, 1.807) is 0 Å². The van der Waals surface area contributed by atoms with Crippen molar-refractivity contribution in [2.24, 2.45) is 0 Å². The van der Waals surface area contributed by atoms with Crippen LogP contribution < -0.4 is 0 Å². The number of morpholine rings is 1. The smallest absolute Gasteiger partial charge is 0.328 e. The largest absolute Gasteiger partial charge is 0.454 e. The van der Waals surface area contributed by atoms with Crippen LogP contribution in [0.3, 0.4) is 0 Å². The van der Waals surface area contributed by atoms with Gasteiger partial charge in [0, 0.05) is 0 Å². The van der Waals surface area contributed by atoms with E-state index in [0.717, 1.165) is 0 Å². The molecule has 5 nitrogen and oxygen atoms in total.